The summed E-state index contributed by atoms with van der Waals surface area (Å²) in [5.41, 5.74) is 1.52. The van der Waals surface area contributed by atoms with E-state index in [1.807, 2.05) is 12.1 Å². The van der Waals surface area contributed by atoms with Crippen LogP contribution in [-0.2, 0) is 6.54 Å². The quantitative estimate of drug-likeness (QED) is 0.919. The van der Waals surface area contributed by atoms with Gasteiger partial charge in [0.15, 0.2) is 11.5 Å². The fraction of sp³-hybridized carbons (Fsp3) is 0.188. The maximum atomic E-state index is 12.3. The van der Waals surface area contributed by atoms with Gasteiger partial charge in [0, 0.05) is 23.6 Å². The number of phenolic OH excluding ortho intramolecular Hbond substituents is 1. The molecule has 2 aromatic carbocycles. The molecule has 0 heterocycles. The molecule has 0 unspecified atom stereocenters. The van der Waals surface area contributed by atoms with Gasteiger partial charge in [-0.3, -0.25) is 4.79 Å². The lowest BCUT2D eigenvalue weighted by Crippen LogP contribution is -2.26. The van der Waals surface area contributed by atoms with Gasteiger partial charge in [0.25, 0.3) is 5.91 Å². The molecule has 21 heavy (non-hydrogen) atoms. The van der Waals surface area contributed by atoms with Gasteiger partial charge in [-0.1, -0.05) is 22.0 Å². The number of carbonyl (C=O) groups excluding carboxylic acids is 1. The molecule has 5 heteroatoms. The van der Waals surface area contributed by atoms with E-state index in [2.05, 4.69) is 15.9 Å². The lowest BCUT2D eigenvalue weighted by Gasteiger charge is -2.18. The van der Waals surface area contributed by atoms with Gasteiger partial charge in [0.2, 0.25) is 0 Å². The van der Waals surface area contributed by atoms with E-state index in [9.17, 15) is 9.90 Å². The number of carbonyl (C=O) groups is 1. The van der Waals surface area contributed by atoms with Crippen LogP contribution in [0.3, 0.4) is 0 Å². The largest absolute Gasteiger partial charge is 0.504 e. The molecular weight excluding hydrogens is 334 g/mol. The number of methoxy groups -OCH3 is 1. The zero-order valence-electron chi connectivity index (χ0n) is 11.8. The fourth-order valence-electron chi connectivity index (χ4n) is 1.98. The van der Waals surface area contributed by atoms with Gasteiger partial charge in [-0.25, -0.2) is 0 Å². The molecule has 0 atom stereocenters. The monoisotopic (exact) mass is 349 g/mol. The normalized spacial score (nSPS) is 10.2. The lowest BCUT2D eigenvalue weighted by molar-refractivity contribution is 0.0785. The Kier molecular flexibility index (Phi) is 4.85. The first-order valence-electron chi connectivity index (χ1n) is 6.38. The Morgan fingerprint density at radius 2 is 1.90 bits per heavy atom. The summed E-state index contributed by atoms with van der Waals surface area (Å²) in [6, 6.07) is 12.3. The summed E-state index contributed by atoms with van der Waals surface area (Å²) in [7, 11) is 3.24. The van der Waals surface area contributed by atoms with Gasteiger partial charge in [0.05, 0.1) is 7.11 Å². The number of aromatic hydroxyl groups is 1. The van der Waals surface area contributed by atoms with E-state index in [1.54, 1.807) is 42.3 Å². The maximum Gasteiger partial charge on any atom is 0.253 e. The molecule has 1 N–H and O–H groups in total. The molecule has 0 saturated carbocycles. The summed E-state index contributed by atoms with van der Waals surface area (Å²) >= 11 is 3.35. The first-order chi connectivity index (χ1) is 10.0. The van der Waals surface area contributed by atoms with E-state index in [-0.39, 0.29) is 11.7 Å². The third-order valence-corrected chi connectivity index (χ3v) is 3.63. The highest BCUT2D eigenvalue weighted by Gasteiger charge is 2.13. The number of amides is 1. The highest BCUT2D eigenvalue weighted by molar-refractivity contribution is 9.10. The number of ether oxygens (including phenoxy) is 1. The zero-order chi connectivity index (χ0) is 15.4. The average Bonchev–Trinajstić information content (AvgIpc) is 2.49. The number of benzene rings is 2. The van der Waals surface area contributed by atoms with Crippen molar-refractivity contribution in [2.75, 3.05) is 14.2 Å². The predicted octanol–water partition coefficient (Wildman–Crippen LogP) is 3.44. The van der Waals surface area contributed by atoms with Gasteiger partial charge in [-0.05, 0) is 42.0 Å². The van der Waals surface area contributed by atoms with Crippen LogP contribution in [0.1, 0.15) is 15.9 Å². The molecule has 1 amide bonds. The van der Waals surface area contributed by atoms with Crippen molar-refractivity contribution in [3.63, 3.8) is 0 Å². The summed E-state index contributed by atoms with van der Waals surface area (Å²) in [4.78, 5) is 13.9. The standard InChI is InChI=1S/C16H16BrNO3/c1-18(16(20)12-4-6-13(17)7-5-12)10-11-3-8-14(19)15(9-11)21-2/h3-9,19H,10H2,1-2H3. The van der Waals surface area contributed by atoms with Crippen LogP contribution in [0, 0.1) is 0 Å². The molecule has 0 aliphatic heterocycles. The molecule has 0 aromatic heterocycles. The first-order valence-corrected chi connectivity index (χ1v) is 7.17. The minimum atomic E-state index is -0.0606. The summed E-state index contributed by atoms with van der Waals surface area (Å²) in [6.07, 6.45) is 0. The van der Waals surface area contributed by atoms with Gasteiger partial charge in [-0.15, -0.1) is 0 Å². The molecule has 2 aromatic rings. The van der Waals surface area contributed by atoms with Gasteiger partial charge in [0.1, 0.15) is 0 Å². The molecule has 0 aliphatic carbocycles. The van der Waals surface area contributed by atoms with E-state index in [4.69, 9.17) is 4.74 Å². The molecule has 2 rings (SSSR count). The maximum absolute atomic E-state index is 12.3. The fourth-order valence-corrected chi connectivity index (χ4v) is 2.24. The summed E-state index contributed by atoms with van der Waals surface area (Å²) in [5, 5.41) is 9.57. The third-order valence-electron chi connectivity index (χ3n) is 3.10. The van der Waals surface area contributed by atoms with Crippen LogP contribution in [0.25, 0.3) is 0 Å². The van der Waals surface area contributed by atoms with Crippen LogP contribution < -0.4 is 4.74 Å². The second kappa shape index (κ2) is 6.63. The Bertz CT molecular complexity index is 640. The Labute approximate surface area is 132 Å². The van der Waals surface area contributed by atoms with Crippen LogP contribution in [0.2, 0.25) is 0 Å². The van der Waals surface area contributed by atoms with Crippen LogP contribution in [0.4, 0.5) is 0 Å². The van der Waals surface area contributed by atoms with E-state index in [0.717, 1.165) is 10.0 Å². The van der Waals surface area contributed by atoms with Crippen molar-refractivity contribution in [1.29, 1.82) is 0 Å². The molecule has 0 bridgehead atoms. The van der Waals surface area contributed by atoms with E-state index in [0.29, 0.717) is 17.9 Å². The molecular formula is C16H16BrNO3. The van der Waals surface area contributed by atoms with Crippen molar-refractivity contribution in [2.45, 2.75) is 6.54 Å². The number of hydrogen-bond donors (Lipinski definition) is 1. The van der Waals surface area contributed by atoms with Crippen LogP contribution in [0.15, 0.2) is 46.9 Å². The van der Waals surface area contributed by atoms with Crippen molar-refractivity contribution in [3.05, 3.63) is 58.1 Å². The highest BCUT2D eigenvalue weighted by atomic mass is 79.9. The summed E-state index contributed by atoms with van der Waals surface area (Å²) in [6.45, 7) is 0.436. The van der Waals surface area contributed by atoms with Crippen LogP contribution in [-0.4, -0.2) is 30.1 Å². The number of halogens is 1. The zero-order valence-corrected chi connectivity index (χ0v) is 13.4. The molecule has 0 aliphatic rings. The third kappa shape index (κ3) is 3.76. The number of phenols is 1. The van der Waals surface area contributed by atoms with Crippen molar-refractivity contribution in [2.24, 2.45) is 0 Å². The highest BCUT2D eigenvalue weighted by Crippen LogP contribution is 2.26. The van der Waals surface area contributed by atoms with Crippen molar-refractivity contribution in [1.82, 2.24) is 4.90 Å². The number of nitrogens with zero attached hydrogens (tertiary/aromatic N) is 1. The average molecular weight is 350 g/mol. The minimum absolute atomic E-state index is 0.0606. The summed E-state index contributed by atoms with van der Waals surface area (Å²) < 4.78 is 6.00. The Morgan fingerprint density at radius 1 is 1.24 bits per heavy atom. The first kappa shape index (κ1) is 15.4. The Hall–Kier alpha value is -2.01. The second-order valence-electron chi connectivity index (χ2n) is 4.67. The van der Waals surface area contributed by atoms with E-state index in [1.165, 1.54) is 7.11 Å². The lowest BCUT2D eigenvalue weighted by atomic mass is 10.1. The van der Waals surface area contributed by atoms with E-state index < -0.39 is 0 Å². The topological polar surface area (TPSA) is 49.8 Å². The van der Waals surface area contributed by atoms with Crippen LogP contribution in [0.5, 0.6) is 11.5 Å². The van der Waals surface area contributed by atoms with Crippen LogP contribution >= 0.6 is 15.9 Å². The predicted molar refractivity (Wildman–Crippen MR) is 84.6 cm³/mol. The molecule has 110 valence electrons. The minimum Gasteiger partial charge on any atom is -0.504 e. The number of rotatable bonds is 4. The molecule has 4 nitrogen and oxygen atoms in total. The smallest absolute Gasteiger partial charge is 0.253 e. The molecule has 0 saturated heterocycles. The van der Waals surface area contributed by atoms with Crippen molar-refractivity contribution < 1.29 is 14.6 Å². The van der Waals surface area contributed by atoms with Gasteiger partial charge in [-0.2, -0.15) is 0 Å². The SMILES string of the molecule is COc1cc(CN(C)C(=O)c2ccc(Br)cc2)ccc1O. The second-order valence-corrected chi connectivity index (χ2v) is 5.59. The molecule has 0 spiro atoms. The Morgan fingerprint density at radius 3 is 2.52 bits per heavy atom. The van der Waals surface area contributed by atoms with E-state index >= 15 is 0 Å². The van der Waals surface area contributed by atoms with Gasteiger partial charge >= 0.3 is 0 Å². The Balaban J connectivity index is 2.12. The molecule has 0 radical (unpaired) electrons. The van der Waals surface area contributed by atoms with Gasteiger partial charge < -0.3 is 14.7 Å². The van der Waals surface area contributed by atoms with Crippen molar-refractivity contribution in [3.8, 4) is 11.5 Å². The summed E-state index contributed by atoms with van der Waals surface area (Å²) in [5.74, 6) is 0.426. The number of hydrogen-bond acceptors (Lipinski definition) is 3. The molecule has 0 fully saturated rings. The van der Waals surface area contributed by atoms with Crippen molar-refractivity contribution >= 4 is 21.8 Å².